The van der Waals surface area contributed by atoms with Crippen LogP contribution in [0.1, 0.15) is 43.1 Å². The lowest BCUT2D eigenvalue weighted by atomic mass is 10.2. The van der Waals surface area contributed by atoms with Crippen molar-refractivity contribution in [3.8, 4) is 5.75 Å². The zero-order valence-electron chi connectivity index (χ0n) is 15.6. The molecule has 1 aromatic heterocycles. The number of ether oxygens (including phenoxy) is 2. The topological polar surface area (TPSA) is 81.3 Å². The van der Waals surface area contributed by atoms with Gasteiger partial charge in [0, 0.05) is 0 Å². The highest BCUT2D eigenvalue weighted by molar-refractivity contribution is 5.90. The number of hydrogen-bond donors (Lipinski definition) is 1. The van der Waals surface area contributed by atoms with Gasteiger partial charge in [-0.1, -0.05) is 32.0 Å². The molecule has 6 heteroatoms. The molecular formula is C21H22N2O4. The highest BCUT2D eigenvalue weighted by Gasteiger charge is 2.17. The molecule has 0 saturated carbocycles. The molecule has 0 aliphatic rings. The fraction of sp³-hybridized carbons (Fsp3) is 0.286. The van der Waals surface area contributed by atoms with E-state index >= 15 is 0 Å². The van der Waals surface area contributed by atoms with E-state index in [1.165, 1.54) is 0 Å². The molecule has 0 unspecified atom stereocenters. The van der Waals surface area contributed by atoms with Gasteiger partial charge in [-0.2, -0.15) is 0 Å². The molecule has 3 aromatic rings. The monoisotopic (exact) mass is 366 g/mol. The summed E-state index contributed by atoms with van der Waals surface area (Å²) in [7, 11) is 0. The van der Waals surface area contributed by atoms with Crippen LogP contribution in [0.3, 0.4) is 0 Å². The third kappa shape index (κ3) is 4.53. The Morgan fingerprint density at radius 2 is 1.89 bits per heavy atom. The molecule has 0 radical (unpaired) electrons. The summed E-state index contributed by atoms with van der Waals surface area (Å²) in [5.41, 5.74) is 0.678. The van der Waals surface area contributed by atoms with Gasteiger partial charge in [0.25, 0.3) is 5.56 Å². The van der Waals surface area contributed by atoms with Crippen molar-refractivity contribution >= 4 is 16.9 Å². The van der Waals surface area contributed by atoms with Crippen LogP contribution < -0.4 is 10.3 Å². The summed E-state index contributed by atoms with van der Waals surface area (Å²) in [5, 5.41) is 0.495. The smallest absolute Gasteiger partial charge is 0.338 e. The second-order valence-corrected chi connectivity index (χ2v) is 6.75. The SMILES string of the molecule is CC(C)COc1cccc(C(=O)O[C@H](C)c2nc3ccccc3c(=O)[nH]2)c1. The van der Waals surface area contributed by atoms with Crippen LogP contribution in [0.25, 0.3) is 10.9 Å². The van der Waals surface area contributed by atoms with Gasteiger partial charge in [-0.05, 0) is 43.2 Å². The Balaban J connectivity index is 1.76. The van der Waals surface area contributed by atoms with Gasteiger partial charge in [0.05, 0.1) is 23.1 Å². The number of esters is 1. The maximum absolute atomic E-state index is 12.5. The molecule has 1 atom stereocenters. The van der Waals surface area contributed by atoms with Gasteiger partial charge in [-0.3, -0.25) is 4.79 Å². The van der Waals surface area contributed by atoms with Crippen LogP contribution in [0.5, 0.6) is 5.75 Å². The van der Waals surface area contributed by atoms with Crippen molar-refractivity contribution in [1.29, 1.82) is 0 Å². The third-order valence-corrected chi connectivity index (χ3v) is 3.95. The summed E-state index contributed by atoms with van der Waals surface area (Å²) < 4.78 is 11.1. The third-order valence-electron chi connectivity index (χ3n) is 3.95. The first-order valence-corrected chi connectivity index (χ1v) is 8.87. The summed E-state index contributed by atoms with van der Waals surface area (Å²) in [4.78, 5) is 31.7. The molecule has 0 saturated heterocycles. The predicted octanol–water partition coefficient (Wildman–Crippen LogP) is 3.88. The lowest BCUT2D eigenvalue weighted by Crippen LogP contribution is -2.17. The Morgan fingerprint density at radius 3 is 2.67 bits per heavy atom. The van der Waals surface area contributed by atoms with Crippen molar-refractivity contribution in [2.24, 2.45) is 5.92 Å². The van der Waals surface area contributed by atoms with Crippen LogP contribution in [0.4, 0.5) is 0 Å². The van der Waals surface area contributed by atoms with Gasteiger partial charge in [-0.25, -0.2) is 9.78 Å². The molecule has 27 heavy (non-hydrogen) atoms. The lowest BCUT2D eigenvalue weighted by Gasteiger charge is -2.14. The van der Waals surface area contributed by atoms with Crippen LogP contribution in [0.15, 0.2) is 53.3 Å². The number of nitrogens with one attached hydrogen (secondary N) is 1. The molecule has 3 rings (SSSR count). The minimum Gasteiger partial charge on any atom is -0.493 e. The van der Waals surface area contributed by atoms with Crippen molar-refractivity contribution in [3.63, 3.8) is 0 Å². The number of nitrogens with zero attached hydrogens (tertiary/aromatic N) is 1. The number of H-pyrrole nitrogens is 1. The number of benzene rings is 2. The molecule has 1 heterocycles. The Bertz CT molecular complexity index is 1010. The van der Waals surface area contributed by atoms with Crippen LogP contribution in [-0.4, -0.2) is 22.5 Å². The number of aromatic nitrogens is 2. The highest BCUT2D eigenvalue weighted by atomic mass is 16.5. The molecule has 0 bridgehead atoms. The number of rotatable bonds is 6. The Kier molecular flexibility index (Phi) is 5.54. The summed E-state index contributed by atoms with van der Waals surface area (Å²) >= 11 is 0. The zero-order chi connectivity index (χ0) is 19.4. The van der Waals surface area contributed by atoms with Crippen molar-refractivity contribution < 1.29 is 14.3 Å². The minimum atomic E-state index is -0.699. The molecule has 0 aliphatic heterocycles. The van der Waals surface area contributed by atoms with Crippen molar-refractivity contribution in [2.45, 2.75) is 26.9 Å². The van der Waals surface area contributed by atoms with Crippen LogP contribution >= 0.6 is 0 Å². The van der Waals surface area contributed by atoms with Crippen LogP contribution in [-0.2, 0) is 4.74 Å². The maximum atomic E-state index is 12.5. The first kappa shape index (κ1) is 18.6. The number of hydrogen-bond acceptors (Lipinski definition) is 5. The Labute approximate surface area is 157 Å². The number of carbonyl (C=O) groups excluding carboxylic acids is 1. The predicted molar refractivity (Wildman–Crippen MR) is 103 cm³/mol. The molecule has 0 fully saturated rings. The summed E-state index contributed by atoms with van der Waals surface area (Å²) in [6.45, 7) is 6.34. The molecule has 1 N–H and O–H groups in total. The first-order valence-electron chi connectivity index (χ1n) is 8.87. The van der Waals surface area contributed by atoms with Gasteiger partial charge in [-0.15, -0.1) is 0 Å². The Hall–Kier alpha value is -3.15. The fourth-order valence-corrected chi connectivity index (χ4v) is 2.56. The van der Waals surface area contributed by atoms with Gasteiger partial charge in [0.15, 0.2) is 11.9 Å². The second kappa shape index (κ2) is 8.03. The van der Waals surface area contributed by atoms with Crippen molar-refractivity contribution in [1.82, 2.24) is 9.97 Å². The maximum Gasteiger partial charge on any atom is 0.338 e. The zero-order valence-corrected chi connectivity index (χ0v) is 15.6. The lowest BCUT2D eigenvalue weighted by molar-refractivity contribution is 0.0319. The van der Waals surface area contributed by atoms with E-state index in [2.05, 4.69) is 23.8 Å². The van der Waals surface area contributed by atoms with Gasteiger partial charge in [0.1, 0.15) is 5.75 Å². The first-order chi connectivity index (χ1) is 12.9. The average Bonchev–Trinajstić information content (AvgIpc) is 2.66. The van der Waals surface area contributed by atoms with E-state index in [-0.39, 0.29) is 5.56 Å². The minimum absolute atomic E-state index is 0.261. The second-order valence-electron chi connectivity index (χ2n) is 6.75. The molecule has 140 valence electrons. The number of carbonyl (C=O) groups is 1. The Morgan fingerprint density at radius 1 is 1.11 bits per heavy atom. The van der Waals surface area contributed by atoms with Crippen LogP contribution in [0, 0.1) is 5.92 Å². The highest BCUT2D eigenvalue weighted by Crippen LogP contribution is 2.19. The molecule has 0 amide bonds. The average molecular weight is 366 g/mol. The molecule has 0 aliphatic carbocycles. The van der Waals surface area contributed by atoms with E-state index < -0.39 is 12.1 Å². The van der Waals surface area contributed by atoms with E-state index in [1.807, 2.05) is 0 Å². The molecule has 6 nitrogen and oxygen atoms in total. The quantitative estimate of drug-likeness (QED) is 0.670. The van der Waals surface area contributed by atoms with E-state index in [1.54, 1.807) is 55.5 Å². The van der Waals surface area contributed by atoms with Gasteiger partial charge in [0.2, 0.25) is 0 Å². The molecule has 0 spiro atoms. The fourth-order valence-electron chi connectivity index (χ4n) is 2.56. The number of fused-ring (bicyclic) bond motifs is 1. The number of aromatic amines is 1. The van der Waals surface area contributed by atoms with E-state index in [0.29, 0.717) is 40.6 Å². The van der Waals surface area contributed by atoms with E-state index in [9.17, 15) is 9.59 Å². The summed E-state index contributed by atoms with van der Waals surface area (Å²) in [5.74, 6) is 0.798. The van der Waals surface area contributed by atoms with Crippen LogP contribution in [0.2, 0.25) is 0 Å². The van der Waals surface area contributed by atoms with Crippen molar-refractivity contribution in [3.05, 3.63) is 70.3 Å². The van der Waals surface area contributed by atoms with Gasteiger partial charge < -0.3 is 14.5 Å². The van der Waals surface area contributed by atoms with Crippen molar-refractivity contribution in [2.75, 3.05) is 6.61 Å². The standard InChI is InChI=1S/C21H22N2O4/c1-13(2)12-26-16-8-6-7-15(11-16)21(25)27-14(3)19-22-18-10-5-4-9-17(18)20(24)23-19/h4-11,13-14H,12H2,1-3H3,(H,22,23,24)/t14-/m1/s1. The normalized spacial score (nSPS) is 12.1. The summed E-state index contributed by atoms with van der Waals surface area (Å²) in [6, 6.07) is 13.9. The van der Waals surface area contributed by atoms with Gasteiger partial charge >= 0.3 is 5.97 Å². The molecule has 2 aromatic carbocycles. The summed E-state index contributed by atoms with van der Waals surface area (Å²) in [6.07, 6.45) is -0.699. The largest absolute Gasteiger partial charge is 0.493 e. The number of para-hydroxylation sites is 1. The van der Waals surface area contributed by atoms with E-state index in [0.717, 1.165) is 0 Å². The molecular weight excluding hydrogens is 344 g/mol. The van der Waals surface area contributed by atoms with E-state index in [4.69, 9.17) is 9.47 Å².